The van der Waals surface area contributed by atoms with Crippen molar-refractivity contribution in [1.29, 1.82) is 0 Å². The third-order valence-electron chi connectivity index (χ3n) is 4.77. The first kappa shape index (κ1) is 18.2. The second kappa shape index (κ2) is 6.79. The smallest absolute Gasteiger partial charge is 0.287 e. The van der Waals surface area contributed by atoms with Gasteiger partial charge in [-0.15, -0.1) is 0 Å². The van der Waals surface area contributed by atoms with E-state index in [1.165, 1.54) is 16.7 Å². The molecule has 0 unspecified atom stereocenters. The Labute approximate surface area is 159 Å². The van der Waals surface area contributed by atoms with Gasteiger partial charge in [-0.2, -0.15) is 0 Å². The monoisotopic (exact) mass is 393 g/mol. The molecule has 1 aromatic carbocycles. The molecule has 2 saturated heterocycles. The van der Waals surface area contributed by atoms with Gasteiger partial charge in [-0.1, -0.05) is 23.8 Å². The van der Waals surface area contributed by atoms with Crippen molar-refractivity contribution in [3.8, 4) is 0 Å². The lowest BCUT2D eigenvalue weighted by atomic mass is 10.1. The topological polar surface area (TPSA) is 75.9 Å². The Hall–Kier alpha value is -2.13. The maximum Gasteiger partial charge on any atom is 0.287 e. The number of morpholine rings is 1. The van der Waals surface area contributed by atoms with Crippen molar-refractivity contribution >= 4 is 45.8 Å². The van der Waals surface area contributed by atoms with Gasteiger partial charge >= 0.3 is 0 Å². The summed E-state index contributed by atoms with van der Waals surface area (Å²) >= 11 is 1.20. The highest BCUT2D eigenvalue weighted by atomic mass is 32.2. The number of hydrogen-bond acceptors (Lipinski definition) is 7. The van der Waals surface area contributed by atoms with Crippen LogP contribution in [0.2, 0.25) is 0 Å². The molecule has 1 aromatic heterocycles. The minimum atomic E-state index is -0.637. The predicted molar refractivity (Wildman–Crippen MR) is 101 cm³/mol. The lowest BCUT2D eigenvalue weighted by molar-refractivity contribution is -0.00543. The average Bonchev–Trinajstić information content (AvgIpc) is 3.16. The number of anilines is 2. The molecule has 0 spiro atoms. The fourth-order valence-corrected chi connectivity index (χ4v) is 4.64. The standard InChI is InChI=1S/C18H20FN3O4S/c1-9-5-21(6-10(2)25-9)15-12(8-23)4-13-16(14(15)19)26-20-17(13)22-7-11(3)27-18(22)24/h4,8-11H,5-7H2,1-3H3/t9-,10-,11+/m1/s1. The molecule has 4 rings (SSSR count). The second-order valence-electron chi connectivity index (χ2n) is 7.10. The molecule has 2 aliphatic heterocycles. The van der Waals surface area contributed by atoms with Crippen LogP contribution < -0.4 is 9.80 Å². The van der Waals surface area contributed by atoms with Gasteiger partial charge in [0.2, 0.25) is 5.58 Å². The summed E-state index contributed by atoms with van der Waals surface area (Å²) in [5.74, 6) is -0.383. The fraction of sp³-hybridized carbons (Fsp3) is 0.500. The summed E-state index contributed by atoms with van der Waals surface area (Å²) in [4.78, 5) is 27.2. The van der Waals surface area contributed by atoms with E-state index < -0.39 is 5.82 Å². The first-order valence-electron chi connectivity index (χ1n) is 8.84. The maximum absolute atomic E-state index is 15.3. The molecule has 0 bridgehead atoms. The second-order valence-corrected chi connectivity index (χ2v) is 8.49. The van der Waals surface area contributed by atoms with Crippen molar-refractivity contribution in [2.75, 3.05) is 29.4 Å². The number of amides is 1. The summed E-state index contributed by atoms with van der Waals surface area (Å²) in [6.45, 7) is 7.14. The van der Waals surface area contributed by atoms with E-state index in [1.807, 2.05) is 20.8 Å². The number of hydrogen-bond donors (Lipinski definition) is 0. The third kappa shape index (κ3) is 3.08. The van der Waals surface area contributed by atoms with E-state index >= 15 is 4.39 Å². The molecule has 3 heterocycles. The van der Waals surface area contributed by atoms with Crippen molar-refractivity contribution in [1.82, 2.24) is 5.16 Å². The van der Waals surface area contributed by atoms with Gasteiger partial charge in [0.05, 0.1) is 23.3 Å². The molecular formula is C18H20FN3O4S. The molecule has 2 fully saturated rings. The van der Waals surface area contributed by atoms with Gasteiger partial charge in [0.25, 0.3) is 5.24 Å². The van der Waals surface area contributed by atoms with Crippen LogP contribution >= 0.6 is 11.8 Å². The Morgan fingerprint density at radius 1 is 1.26 bits per heavy atom. The highest BCUT2D eigenvalue weighted by Crippen LogP contribution is 2.39. The minimum Gasteiger partial charge on any atom is -0.372 e. The molecular weight excluding hydrogens is 373 g/mol. The number of nitrogens with zero attached hydrogens (tertiary/aromatic N) is 3. The molecule has 3 atom stereocenters. The van der Waals surface area contributed by atoms with Crippen LogP contribution in [0.3, 0.4) is 0 Å². The Morgan fingerprint density at radius 3 is 2.56 bits per heavy atom. The van der Waals surface area contributed by atoms with E-state index in [2.05, 4.69) is 5.16 Å². The molecule has 0 N–H and O–H groups in total. The Kier molecular flexibility index (Phi) is 4.59. The summed E-state index contributed by atoms with van der Waals surface area (Å²) in [5.41, 5.74) is 0.352. The number of carbonyl (C=O) groups is 2. The van der Waals surface area contributed by atoms with Crippen LogP contribution in [0.25, 0.3) is 11.0 Å². The van der Waals surface area contributed by atoms with Gasteiger partial charge in [-0.05, 0) is 19.9 Å². The molecule has 7 nitrogen and oxygen atoms in total. The Morgan fingerprint density at radius 2 is 1.96 bits per heavy atom. The number of carbonyl (C=O) groups excluding carboxylic acids is 2. The van der Waals surface area contributed by atoms with Crippen molar-refractivity contribution in [3.63, 3.8) is 0 Å². The number of fused-ring (bicyclic) bond motifs is 1. The summed E-state index contributed by atoms with van der Waals surface area (Å²) < 4.78 is 26.3. The molecule has 0 radical (unpaired) electrons. The van der Waals surface area contributed by atoms with Crippen molar-refractivity contribution < 1.29 is 23.2 Å². The van der Waals surface area contributed by atoms with Crippen LogP contribution in [-0.2, 0) is 4.74 Å². The Bertz CT molecular complexity index is 908. The van der Waals surface area contributed by atoms with Gasteiger partial charge in [-0.3, -0.25) is 14.5 Å². The summed E-state index contributed by atoms with van der Waals surface area (Å²) in [6, 6.07) is 1.55. The molecule has 9 heteroatoms. The van der Waals surface area contributed by atoms with Crippen molar-refractivity contribution in [2.24, 2.45) is 0 Å². The van der Waals surface area contributed by atoms with Gasteiger partial charge < -0.3 is 14.2 Å². The highest BCUT2D eigenvalue weighted by Gasteiger charge is 2.34. The number of aromatic nitrogens is 1. The van der Waals surface area contributed by atoms with Gasteiger partial charge in [-0.25, -0.2) is 4.39 Å². The van der Waals surface area contributed by atoms with Crippen LogP contribution in [0.1, 0.15) is 31.1 Å². The number of aldehydes is 1. The molecule has 2 aromatic rings. The SMILES string of the molecule is C[C@@H]1CN(c2c(C=O)cc3c(N4C[C@H](C)SC4=O)noc3c2F)C[C@@H](C)O1. The van der Waals surface area contributed by atoms with E-state index in [1.54, 1.807) is 11.0 Å². The Balaban J connectivity index is 1.82. The predicted octanol–water partition coefficient (Wildman–Crippen LogP) is 3.45. The van der Waals surface area contributed by atoms with E-state index in [0.29, 0.717) is 31.3 Å². The molecule has 144 valence electrons. The van der Waals surface area contributed by atoms with E-state index in [0.717, 1.165) is 0 Å². The zero-order valence-electron chi connectivity index (χ0n) is 15.3. The van der Waals surface area contributed by atoms with Gasteiger partial charge in [0, 0.05) is 30.4 Å². The lowest BCUT2D eigenvalue weighted by Gasteiger charge is -2.37. The first-order chi connectivity index (χ1) is 12.9. The van der Waals surface area contributed by atoms with Crippen LogP contribution in [-0.4, -0.2) is 53.8 Å². The summed E-state index contributed by atoms with van der Waals surface area (Å²) in [7, 11) is 0. The van der Waals surface area contributed by atoms with Crippen molar-refractivity contribution in [2.45, 2.75) is 38.2 Å². The largest absolute Gasteiger partial charge is 0.372 e. The van der Waals surface area contributed by atoms with Gasteiger partial charge in [0.15, 0.2) is 17.9 Å². The molecule has 2 aliphatic rings. The van der Waals surface area contributed by atoms with E-state index in [-0.39, 0.29) is 45.3 Å². The number of benzene rings is 1. The quantitative estimate of drug-likeness (QED) is 0.739. The number of halogens is 1. The highest BCUT2D eigenvalue weighted by molar-refractivity contribution is 8.14. The maximum atomic E-state index is 15.3. The van der Waals surface area contributed by atoms with Gasteiger partial charge in [0.1, 0.15) is 0 Å². The number of rotatable bonds is 3. The van der Waals surface area contributed by atoms with Crippen LogP contribution in [0.4, 0.5) is 20.7 Å². The molecule has 0 aliphatic carbocycles. The first-order valence-corrected chi connectivity index (χ1v) is 9.72. The third-order valence-corrected chi connectivity index (χ3v) is 5.74. The van der Waals surface area contributed by atoms with Crippen LogP contribution in [0.15, 0.2) is 10.6 Å². The van der Waals surface area contributed by atoms with E-state index in [9.17, 15) is 9.59 Å². The summed E-state index contributed by atoms with van der Waals surface area (Å²) in [5, 5.41) is 4.21. The lowest BCUT2D eigenvalue weighted by Crippen LogP contribution is -2.46. The summed E-state index contributed by atoms with van der Waals surface area (Å²) in [6.07, 6.45) is 0.450. The molecule has 1 amide bonds. The molecule has 0 saturated carbocycles. The normalized spacial score (nSPS) is 26.2. The fourth-order valence-electron chi connectivity index (χ4n) is 3.78. The van der Waals surface area contributed by atoms with Crippen molar-refractivity contribution in [3.05, 3.63) is 17.4 Å². The van der Waals surface area contributed by atoms with Crippen LogP contribution in [0.5, 0.6) is 0 Å². The zero-order chi connectivity index (χ0) is 19.3. The molecule has 27 heavy (non-hydrogen) atoms. The zero-order valence-corrected chi connectivity index (χ0v) is 16.1. The number of thioether (sulfide) groups is 1. The number of ether oxygens (including phenoxy) is 1. The van der Waals surface area contributed by atoms with Crippen LogP contribution in [0, 0.1) is 5.82 Å². The average molecular weight is 393 g/mol. The minimum absolute atomic E-state index is 0.0465. The van der Waals surface area contributed by atoms with E-state index in [4.69, 9.17) is 9.26 Å².